The van der Waals surface area contributed by atoms with Crippen molar-refractivity contribution in [1.82, 2.24) is 5.32 Å². The van der Waals surface area contributed by atoms with Crippen LogP contribution in [-0.2, 0) is 27.9 Å². The van der Waals surface area contributed by atoms with E-state index in [0.29, 0.717) is 12.8 Å². The second-order valence-corrected chi connectivity index (χ2v) is 16.8. The Morgan fingerprint density at radius 3 is 1.45 bits per heavy atom. The molecule has 9 nitrogen and oxygen atoms in total. The molecule has 0 aliphatic rings. The van der Waals surface area contributed by atoms with Crippen LogP contribution in [0.3, 0.4) is 0 Å². The summed E-state index contributed by atoms with van der Waals surface area (Å²) in [5.74, 6) is -0.544. The topological polar surface area (TPSA) is 131 Å². The Balaban J connectivity index is 3.65. The number of phosphoric acid groups is 1. The lowest BCUT2D eigenvalue weighted by atomic mass is 10.1. The highest BCUT2D eigenvalue weighted by Gasteiger charge is 2.23. The first-order valence-corrected chi connectivity index (χ1v) is 24.8. The molecular formula is C48H86NO8P. The number of aliphatic hydroxyl groups is 1. The Kier molecular flexibility index (Phi) is 42.5. The Hall–Kier alpha value is -2.29. The van der Waals surface area contributed by atoms with Gasteiger partial charge in [0, 0.05) is 19.4 Å². The molecule has 0 fully saturated rings. The molecule has 1 amide bonds. The second-order valence-electron chi connectivity index (χ2n) is 15.4. The summed E-state index contributed by atoms with van der Waals surface area (Å²) >= 11 is 0. The molecule has 3 N–H and O–H groups in total. The predicted molar refractivity (Wildman–Crippen MR) is 243 cm³/mol. The SMILES string of the molecule is CCCCC/C=C\C/C=C\C/C=C\C/C=C\CCCCCCCC(=O)OCC(O)COP(=O)(O)OCCNC(=O)CCCCCCC/C=C\CCCCCCCCC. The molecule has 0 spiro atoms. The van der Waals surface area contributed by atoms with Crippen molar-refractivity contribution in [2.75, 3.05) is 26.4 Å². The number of amides is 1. The maximum absolute atomic E-state index is 12.1. The van der Waals surface area contributed by atoms with Crippen LogP contribution in [-0.4, -0.2) is 54.3 Å². The quantitative estimate of drug-likeness (QED) is 0.0239. The van der Waals surface area contributed by atoms with Crippen LogP contribution in [0.25, 0.3) is 0 Å². The fourth-order valence-electron chi connectivity index (χ4n) is 6.12. The lowest BCUT2D eigenvalue weighted by Crippen LogP contribution is -2.27. The number of unbranched alkanes of at least 4 members (excludes halogenated alkanes) is 20. The number of aliphatic hydroxyl groups excluding tert-OH is 1. The summed E-state index contributed by atoms with van der Waals surface area (Å²) in [7, 11) is -4.43. The molecular weight excluding hydrogens is 750 g/mol. The average molecular weight is 836 g/mol. The van der Waals surface area contributed by atoms with Crippen molar-refractivity contribution in [2.45, 2.75) is 206 Å². The molecule has 0 aromatic carbocycles. The van der Waals surface area contributed by atoms with Crippen LogP contribution in [0, 0.1) is 0 Å². The first kappa shape index (κ1) is 55.7. The summed E-state index contributed by atoms with van der Waals surface area (Å²) in [4.78, 5) is 34.0. The molecule has 0 aromatic heterocycles. The van der Waals surface area contributed by atoms with Crippen LogP contribution in [0.15, 0.2) is 60.8 Å². The van der Waals surface area contributed by atoms with Crippen molar-refractivity contribution in [3.05, 3.63) is 60.8 Å². The van der Waals surface area contributed by atoms with Gasteiger partial charge in [-0.3, -0.25) is 18.6 Å². The zero-order valence-electron chi connectivity index (χ0n) is 37.0. The monoisotopic (exact) mass is 836 g/mol. The summed E-state index contributed by atoms with van der Waals surface area (Å²) in [5.41, 5.74) is 0. The van der Waals surface area contributed by atoms with Gasteiger partial charge in [0.05, 0.1) is 13.2 Å². The van der Waals surface area contributed by atoms with E-state index >= 15 is 0 Å². The summed E-state index contributed by atoms with van der Waals surface area (Å²) < 4.78 is 26.9. The van der Waals surface area contributed by atoms with Gasteiger partial charge in [-0.2, -0.15) is 0 Å². The minimum absolute atomic E-state index is 0.0729. The standard InChI is InChI=1S/C48H86NO8P/c1-3-5-7-9-11-13-15-17-19-21-22-23-24-25-27-29-31-33-35-37-39-41-48(52)55-44-46(50)45-57-58(53,54)56-43-42-49-47(51)40-38-36-34-32-30-28-26-20-18-16-14-12-10-8-6-4-2/h11,13,17,19-20,22-23,25-27,46,50H,3-10,12,14-16,18,21,24,28-45H2,1-2H3,(H,49,51)(H,53,54)/b13-11-,19-17-,23-22-,26-20-,27-25-. The van der Waals surface area contributed by atoms with Crippen LogP contribution in [0.5, 0.6) is 0 Å². The minimum Gasteiger partial charge on any atom is -0.463 e. The van der Waals surface area contributed by atoms with Gasteiger partial charge in [-0.25, -0.2) is 4.57 Å². The number of rotatable bonds is 43. The van der Waals surface area contributed by atoms with Crippen molar-refractivity contribution in [2.24, 2.45) is 0 Å². The lowest BCUT2D eigenvalue weighted by molar-refractivity contribution is -0.147. The third-order valence-electron chi connectivity index (χ3n) is 9.67. The number of hydrogen-bond donors (Lipinski definition) is 3. The molecule has 0 heterocycles. The van der Waals surface area contributed by atoms with E-state index in [1.807, 2.05) is 0 Å². The van der Waals surface area contributed by atoms with Gasteiger partial charge in [0.2, 0.25) is 5.91 Å². The number of nitrogens with one attached hydrogen (secondary N) is 1. The molecule has 0 aromatic rings. The molecule has 0 aliphatic heterocycles. The number of phosphoric ester groups is 1. The highest BCUT2D eigenvalue weighted by molar-refractivity contribution is 7.47. The van der Waals surface area contributed by atoms with Crippen LogP contribution in [0.4, 0.5) is 0 Å². The number of carbonyl (C=O) groups is 2. The first-order chi connectivity index (χ1) is 28.3. The number of esters is 1. The zero-order valence-corrected chi connectivity index (χ0v) is 37.9. The highest BCUT2D eigenvalue weighted by Crippen LogP contribution is 2.42. The maximum atomic E-state index is 12.1. The fourth-order valence-corrected chi connectivity index (χ4v) is 6.88. The molecule has 0 bridgehead atoms. The van der Waals surface area contributed by atoms with E-state index < -0.39 is 26.5 Å². The summed E-state index contributed by atoms with van der Waals surface area (Å²) in [6.45, 7) is 3.49. The van der Waals surface area contributed by atoms with Crippen molar-refractivity contribution in [3.63, 3.8) is 0 Å². The third-order valence-corrected chi connectivity index (χ3v) is 10.7. The van der Waals surface area contributed by atoms with Crippen LogP contribution >= 0.6 is 7.82 Å². The molecule has 2 unspecified atom stereocenters. The van der Waals surface area contributed by atoms with Crippen molar-refractivity contribution in [3.8, 4) is 0 Å². The lowest BCUT2D eigenvalue weighted by Gasteiger charge is -2.15. The number of hydrogen-bond acceptors (Lipinski definition) is 7. The largest absolute Gasteiger partial charge is 0.472 e. The van der Waals surface area contributed by atoms with Crippen LogP contribution < -0.4 is 5.32 Å². The molecule has 10 heteroatoms. The minimum atomic E-state index is -4.43. The molecule has 0 rings (SSSR count). The van der Waals surface area contributed by atoms with Crippen LogP contribution in [0.2, 0.25) is 0 Å². The smallest absolute Gasteiger partial charge is 0.463 e. The van der Waals surface area contributed by atoms with Gasteiger partial charge in [0.1, 0.15) is 12.7 Å². The molecule has 0 radical (unpaired) electrons. The fraction of sp³-hybridized carbons (Fsp3) is 0.750. The second kappa shape index (κ2) is 44.3. The number of carbonyl (C=O) groups excluding carboxylic acids is 2. The zero-order chi connectivity index (χ0) is 42.5. The summed E-state index contributed by atoms with van der Waals surface area (Å²) in [6, 6.07) is 0. The molecule has 0 saturated heterocycles. The Morgan fingerprint density at radius 1 is 0.534 bits per heavy atom. The van der Waals surface area contributed by atoms with Gasteiger partial charge in [-0.1, -0.05) is 164 Å². The van der Waals surface area contributed by atoms with E-state index in [2.05, 4.69) is 79.9 Å². The van der Waals surface area contributed by atoms with Crippen molar-refractivity contribution >= 4 is 19.7 Å². The molecule has 2 atom stereocenters. The Bertz CT molecular complexity index is 1130. The molecule has 0 aliphatic carbocycles. The third kappa shape index (κ3) is 44.8. The van der Waals surface area contributed by atoms with Gasteiger partial charge in [-0.15, -0.1) is 0 Å². The molecule has 336 valence electrons. The molecule has 0 saturated carbocycles. The Morgan fingerprint density at radius 2 is 0.931 bits per heavy atom. The molecule has 58 heavy (non-hydrogen) atoms. The van der Waals surface area contributed by atoms with Gasteiger partial charge < -0.3 is 20.1 Å². The van der Waals surface area contributed by atoms with E-state index in [9.17, 15) is 24.2 Å². The summed E-state index contributed by atoms with van der Waals surface area (Å²) in [6.07, 6.45) is 52.9. The summed E-state index contributed by atoms with van der Waals surface area (Å²) in [5, 5.41) is 12.7. The van der Waals surface area contributed by atoms with Gasteiger partial charge >= 0.3 is 13.8 Å². The van der Waals surface area contributed by atoms with Gasteiger partial charge in [0.15, 0.2) is 0 Å². The average Bonchev–Trinajstić information content (AvgIpc) is 3.21. The highest BCUT2D eigenvalue weighted by atomic mass is 31.2. The van der Waals surface area contributed by atoms with Crippen molar-refractivity contribution in [1.29, 1.82) is 0 Å². The first-order valence-electron chi connectivity index (χ1n) is 23.3. The van der Waals surface area contributed by atoms with E-state index in [1.54, 1.807) is 0 Å². The van der Waals surface area contributed by atoms with E-state index in [1.165, 1.54) is 83.5 Å². The van der Waals surface area contributed by atoms with Gasteiger partial charge in [0.25, 0.3) is 0 Å². The van der Waals surface area contributed by atoms with Crippen molar-refractivity contribution < 1.29 is 37.9 Å². The van der Waals surface area contributed by atoms with E-state index in [-0.39, 0.29) is 32.1 Å². The van der Waals surface area contributed by atoms with Crippen LogP contribution in [0.1, 0.15) is 200 Å². The number of allylic oxidation sites excluding steroid dienone is 10. The Labute approximate surface area is 355 Å². The van der Waals surface area contributed by atoms with E-state index in [0.717, 1.165) is 83.5 Å². The normalized spacial score (nSPS) is 13.8. The maximum Gasteiger partial charge on any atom is 0.472 e. The predicted octanol–water partition coefficient (Wildman–Crippen LogP) is 13.3. The van der Waals surface area contributed by atoms with Gasteiger partial charge in [-0.05, 0) is 83.5 Å². The number of ether oxygens (including phenoxy) is 1. The van der Waals surface area contributed by atoms with E-state index in [4.69, 9.17) is 13.8 Å².